The lowest BCUT2D eigenvalue weighted by molar-refractivity contribution is 0.277. The van der Waals surface area contributed by atoms with Crippen LogP contribution in [0.5, 0.6) is 0 Å². The van der Waals surface area contributed by atoms with Crippen molar-refractivity contribution in [3.8, 4) is 11.5 Å². The predicted molar refractivity (Wildman–Crippen MR) is 69.1 cm³/mol. The molecule has 0 unspecified atom stereocenters. The SMILES string of the molecule is OCc1nnn(Cc2ccc(F)cc2)c1-c1ccco1. The lowest BCUT2D eigenvalue weighted by Gasteiger charge is -2.05. The van der Waals surface area contributed by atoms with Gasteiger partial charge in [0.05, 0.1) is 19.4 Å². The average Bonchev–Trinajstić information content (AvgIpc) is 3.10. The molecule has 102 valence electrons. The number of hydrogen-bond acceptors (Lipinski definition) is 4. The first-order valence-electron chi connectivity index (χ1n) is 6.09. The molecule has 2 aromatic heterocycles. The molecule has 0 saturated heterocycles. The zero-order valence-corrected chi connectivity index (χ0v) is 10.5. The molecule has 0 aliphatic carbocycles. The van der Waals surface area contributed by atoms with Crippen molar-refractivity contribution >= 4 is 0 Å². The van der Waals surface area contributed by atoms with Crippen molar-refractivity contribution in [3.05, 3.63) is 59.7 Å². The van der Waals surface area contributed by atoms with E-state index in [9.17, 15) is 9.50 Å². The Hall–Kier alpha value is -2.47. The van der Waals surface area contributed by atoms with E-state index in [-0.39, 0.29) is 12.4 Å². The molecule has 3 rings (SSSR count). The van der Waals surface area contributed by atoms with Gasteiger partial charge in [-0.15, -0.1) is 5.10 Å². The van der Waals surface area contributed by atoms with Crippen molar-refractivity contribution in [1.82, 2.24) is 15.0 Å². The second kappa shape index (κ2) is 5.26. The van der Waals surface area contributed by atoms with Crippen LogP contribution in [0.4, 0.5) is 4.39 Å². The Balaban J connectivity index is 1.98. The fraction of sp³-hybridized carbons (Fsp3) is 0.143. The van der Waals surface area contributed by atoms with Gasteiger partial charge >= 0.3 is 0 Å². The van der Waals surface area contributed by atoms with Crippen LogP contribution < -0.4 is 0 Å². The summed E-state index contributed by atoms with van der Waals surface area (Å²) in [5.41, 5.74) is 1.96. The number of benzene rings is 1. The Kier molecular flexibility index (Phi) is 3.30. The van der Waals surface area contributed by atoms with Gasteiger partial charge in [0.25, 0.3) is 0 Å². The van der Waals surface area contributed by atoms with Gasteiger partial charge in [0.15, 0.2) is 5.76 Å². The Morgan fingerprint density at radius 2 is 2.00 bits per heavy atom. The van der Waals surface area contributed by atoms with Crippen LogP contribution in [0.1, 0.15) is 11.3 Å². The van der Waals surface area contributed by atoms with E-state index >= 15 is 0 Å². The summed E-state index contributed by atoms with van der Waals surface area (Å²) in [4.78, 5) is 0. The molecule has 0 saturated carbocycles. The second-order valence-corrected chi connectivity index (χ2v) is 4.30. The Bertz CT molecular complexity index is 690. The summed E-state index contributed by atoms with van der Waals surface area (Å²) in [6.07, 6.45) is 1.55. The van der Waals surface area contributed by atoms with Crippen LogP contribution in [-0.4, -0.2) is 20.1 Å². The summed E-state index contributed by atoms with van der Waals surface area (Å²) in [7, 11) is 0. The minimum Gasteiger partial charge on any atom is -0.463 e. The first kappa shape index (κ1) is 12.6. The van der Waals surface area contributed by atoms with Crippen molar-refractivity contribution < 1.29 is 13.9 Å². The van der Waals surface area contributed by atoms with Gasteiger partial charge in [-0.3, -0.25) is 0 Å². The summed E-state index contributed by atoms with van der Waals surface area (Å²) < 4.78 is 19.9. The molecule has 6 heteroatoms. The van der Waals surface area contributed by atoms with Gasteiger partial charge in [-0.1, -0.05) is 17.3 Å². The maximum Gasteiger partial charge on any atom is 0.153 e. The van der Waals surface area contributed by atoms with Gasteiger partial charge in [0.1, 0.15) is 17.2 Å². The molecule has 1 N–H and O–H groups in total. The fourth-order valence-corrected chi connectivity index (χ4v) is 2.01. The number of aromatic nitrogens is 3. The lowest BCUT2D eigenvalue weighted by atomic mass is 10.2. The highest BCUT2D eigenvalue weighted by Gasteiger charge is 2.16. The normalized spacial score (nSPS) is 10.9. The maximum atomic E-state index is 12.9. The highest BCUT2D eigenvalue weighted by atomic mass is 19.1. The van der Waals surface area contributed by atoms with Crippen molar-refractivity contribution in [2.75, 3.05) is 0 Å². The molecule has 0 atom stereocenters. The standard InChI is InChI=1S/C14H12FN3O2/c15-11-5-3-10(4-6-11)8-18-14(12(9-19)16-17-18)13-2-1-7-20-13/h1-7,19H,8-9H2. The third kappa shape index (κ3) is 2.33. The third-order valence-corrected chi connectivity index (χ3v) is 2.95. The molecule has 0 aliphatic heterocycles. The van der Waals surface area contributed by atoms with Gasteiger partial charge in [-0.05, 0) is 29.8 Å². The van der Waals surface area contributed by atoms with Crippen LogP contribution >= 0.6 is 0 Å². The predicted octanol–water partition coefficient (Wildman–Crippen LogP) is 2.22. The molecular weight excluding hydrogens is 261 g/mol. The monoisotopic (exact) mass is 273 g/mol. The van der Waals surface area contributed by atoms with E-state index in [1.165, 1.54) is 12.1 Å². The van der Waals surface area contributed by atoms with Gasteiger partial charge in [-0.2, -0.15) is 0 Å². The highest BCUT2D eigenvalue weighted by Crippen LogP contribution is 2.23. The first-order valence-corrected chi connectivity index (χ1v) is 6.09. The van der Waals surface area contributed by atoms with Crippen LogP contribution in [0.2, 0.25) is 0 Å². The molecule has 1 aromatic carbocycles. The number of furan rings is 1. The third-order valence-electron chi connectivity index (χ3n) is 2.95. The number of nitrogens with zero attached hydrogens (tertiary/aromatic N) is 3. The van der Waals surface area contributed by atoms with Crippen LogP contribution in [0.3, 0.4) is 0 Å². The summed E-state index contributed by atoms with van der Waals surface area (Å²) in [5, 5.41) is 17.3. The topological polar surface area (TPSA) is 64.1 Å². The average molecular weight is 273 g/mol. The Morgan fingerprint density at radius 1 is 1.20 bits per heavy atom. The first-order chi connectivity index (χ1) is 9.78. The van der Waals surface area contributed by atoms with E-state index in [0.717, 1.165) is 5.56 Å². The molecule has 0 radical (unpaired) electrons. The van der Waals surface area contributed by atoms with Crippen LogP contribution in [0, 0.1) is 5.82 Å². The zero-order valence-electron chi connectivity index (χ0n) is 10.5. The number of aliphatic hydroxyl groups excluding tert-OH is 1. The van der Waals surface area contributed by atoms with Gasteiger partial charge in [0.2, 0.25) is 0 Å². The molecule has 0 bridgehead atoms. The fourth-order valence-electron chi connectivity index (χ4n) is 2.01. The minimum atomic E-state index is -0.283. The molecule has 0 spiro atoms. The summed E-state index contributed by atoms with van der Waals surface area (Å²) >= 11 is 0. The van der Waals surface area contributed by atoms with Gasteiger partial charge in [0, 0.05) is 0 Å². The van der Waals surface area contributed by atoms with E-state index < -0.39 is 0 Å². The highest BCUT2D eigenvalue weighted by molar-refractivity contribution is 5.55. The van der Waals surface area contributed by atoms with Crippen LogP contribution in [0.25, 0.3) is 11.5 Å². The van der Waals surface area contributed by atoms with Crippen molar-refractivity contribution in [2.45, 2.75) is 13.2 Å². The molecule has 3 aromatic rings. The minimum absolute atomic E-state index is 0.223. The quantitative estimate of drug-likeness (QED) is 0.791. The number of hydrogen-bond donors (Lipinski definition) is 1. The van der Waals surface area contributed by atoms with Crippen LogP contribution in [0.15, 0.2) is 47.1 Å². The summed E-state index contributed by atoms with van der Waals surface area (Å²) in [5.74, 6) is 0.302. The van der Waals surface area contributed by atoms with E-state index in [1.807, 2.05) is 0 Å². The summed E-state index contributed by atoms with van der Waals surface area (Å²) in [6.45, 7) is 0.197. The molecule has 2 heterocycles. The molecule has 0 amide bonds. The lowest BCUT2D eigenvalue weighted by Crippen LogP contribution is -2.04. The smallest absolute Gasteiger partial charge is 0.153 e. The second-order valence-electron chi connectivity index (χ2n) is 4.30. The molecule has 5 nitrogen and oxygen atoms in total. The number of halogens is 1. The molecular formula is C14H12FN3O2. The maximum absolute atomic E-state index is 12.9. The molecule has 20 heavy (non-hydrogen) atoms. The van der Waals surface area contributed by atoms with Gasteiger partial charge < -0.3 is 9.52 Å². The van der Waals surface area contributed by atoms with E-state index in [4.69, 9.17) is 4.42 Å². The Morgan fingerprint density at radius 3 is 2.65 bits per heavy atom. The van der Waals surface area contributed by atoms with Crippen molar-refractivity contribution in [2.24, 2.45) is 0 Å². The number of rotatable bonds is 4. The molecule has 0 aliphatic rings. The van der Waals surface area contributed by atoms with E-state index in [1.54, 1.807) is 35.2 Å². The van der Waals surface area contributed by atoms with Gasteiger partial charge in [-0.25, -0.2) is 9.07 Å². The Labute approximate surface area is 114 Å². The summed E-state index contributed by atoms with van der Waals surface area (Å²) in [6, 6.07) is 9.69. The molecule has 0 fully saturated rings. The zero-order chi connectivity index (χ0) is 13.9. The number of aliphatic hydroxyl groups is 1. The van der Waals surface area contributed by atoms with E-state index in [2.05, 4.69) is 10.3 Å². The van der Waals surface area contributed by atoms with E-state index in [0.29, 0.717) is 23.7 Å². The van der Waals surface area contributed by atoms with Crippen molar-refractivity contribution in [3.63, 3.8) is 0 Å². The van der Waals surface area contributed by atoms with Crippen LogP contribution in [-0.2, 0) is 13.2 Å². The largest absolute Gasteiger partial charge is 0.463 e. The van der Waals surface area contributed by atoms with Crippen molar-refractivity contribution in [1.29, 1.82) is 0 Å².